The Morgan fingerprint density at radius 3 is 2.89 bits per heavy atom. The Bertz CT molecular complexity index is 794. The van der Waals surface area contributed by atoms with Crippen LogP contribution in [0.4, 0.5) is 5.69 Å². The predicted octanol–water partition coefficient (Wildman–Crippen LogP) is 5.14. The fraction of sp³-hybridized carbons (Fsp3) is 0.381. The first-order valence-electron chi connectivity index (χ1n) is 9.12. The minimum atomic E-state index is 0.219. The van der Waals surface area contributed by atoms with Crippen LogP contribution >= 0.6 is 28.1 Å². The van der Waals surface area contributed by atoms with Gasteiger partial charge in [-0.2, -0.15) is 0 Å². The second-order valence-corrected chi connectivity index (χ2v) is 8.08. The molecule has 4 nitrogen and oxygen atoms in total. The average Bonchev–Trinajstić information content (AvgIpc) is 3.15. The molecular formula is C21H25BrN2O2S. The van der Waals surface area contributed by atoms with Crippen LogP contribution in [-0.4, -0.2) is 36.4 Å². The highest BCUT2D eigenvalue weighted by atomic mass is 79.9. The molecule has 1 atom stereocenters. The molecular weight excluding hydrogens is 424 g/mol. The summed E-state index contributed by atoms with van der Waals surface area (Å²) in [5.41, 5.74) is 3.22. The number of hydrogen-bond acceptors (Lipinski definition) is 3. The molecule has 1 saturated heterocycles. The van der Waals surface area contributed by atoms with E-state index in [0.29, 0.717) is 5.11 Å². The maximum absolute atomic E-state index is 5.84. The van der Waals surface area contributed by atoms with Gasteiger partial charge in [0, 0.05) is 24.2 Å². The van der Waals surface area contributed by atoms with Crippen molar-refractivity contribution in [3.8, 4) is 5.75 Å². The van der Waals surface area contributed by atoms with Crippen molar-refractivity contribution >= 4 is 38.9 Å². The molecule has 27 heavy (non-hydrogen) atoms. The second kappa shape index (κ2) is 9.53. The highest BCUT2D eigenvalue weighted by Gasteiger charge is 2.22. The lowest BCUT2D eigenvalue weighted by atomic mass is 10.2. The minimum Gasteiger partial charge on any atom is -0.495 e. The Morgan fingerprint density at radius 1 is 1.33 bits per heavy atom. The summed E-state index contributed by atoms with van der Waals surface area (Å²) in [6.45, 7) is 4.37. The van der Waals surface area contributed by atoms with E-state index in [1.165, 1.54) is 5.56 Å². The third-order valence-corrected chi connectivity index (χ3v) is 5.45. The summed E-state index contributed by atoms with van der Waals surface area (Å²) >= 11 is 9.30. The summed E-state index contributed by atoms with van der Waals surface area (Å²) in [6.07, 6.45) is 2.41. The van der Waals surface area contributed by atoms with Crippen molar-refractivity contribution < 1.29 is 9.47 Å². The molecule has 3 rings (SSSR count). The first-order valence-corrected chi connectivity index (χ1v) is 10.3. The lowest BCUT2D eigenvalue weighted by Gasteiger charge is -2.29. The number of hydrogen-bond donors (Lipinski definition) is 1. The third-order valence-electron chi connectivity index (χ3n) is 4.60. The summed E-state index contributed by atoms with van der Waals surface area (Å²) in [5.74, 6) is 0.789. The smallest absolute Gasteiger partial charge is 0.173 e. The van der Waals surface area contributed by atoms with Gasteiger partial charge >= 0.3 is 0 Å². The Balaban J connectivity index is 1.77. The summed E-state index contributed by atoms with van der Waals surface area (Å²) in [5, 5.41) is 4.04. The van der Waals surface area contributed by atoms with Gasteiger partial charge in [0.2, 0.25) is 0 Å². The number of thiocarbonyl (C=S) groups is 1. The van der Waals surface area contributed by atoms with E-state index in [1.54, 1.807) is 7.11 Å². The first-order chi connectivity index (χ1) is 13.0. The quantitative estimate of drug-likeness (QED) is 0.618. The highest BCUT2D eigenvalue weighted by Crippen LogP contribution is 2.26. The Labute approximate surface area is 175 Å². The molecule has 0 aromatic heterocycles. The lowest BCUT2D eigenvalue weighted by Crippen LogP contribution is -2.39. The Kier molecular flexibility index (Phi) is 7.10. The lowest BCUT2D eigenvalue weighted by molar-refractivity contribution is 0.0905. The van der Waals surface area contributed by atoms with Crippen molar-refractivity contribution in [1.29, 1.82) is 0 Å². The number of anilines is 1. The zero-order chi connectivity index (χ0) is 19.2. The average molecular weight is 449 g/mol. The molecule has 0 radical (unpaired) electrons. The zero-order valence-electron chi connectivity index (χ0n) is 15.7. The molecule has 1 fully saturated rings. The van der Waals surface area contributed by atoms with Crippen molar-refractivity contribution in [3.63, 3.8) is 0 Å². The fourth-order valence-corrected chi connectivity index (χ4v) is 3.90. The van der Waals surface area contributed by atoms with Crippen LogP contribution in [0.5, 0.6) is 5.75 Å². The van der Waals surface area contributed by atoms with Gasteiger partial charge in [-0.15, -0.1) is 0 Å². The number of nitrogens with one attached hydrogen (secondary N) is 1. The molecule has 2 aromatic rings. The van der Waals surface area contributed by atoms with Crippen molar-refractivity contribution in [3.05, 3.63) is 58.1 Å². The SMILES string of the molecule is COc1cc(C)ccc1NC(=S)N(Cc1cccc(Br)c1)CC1CCCO1. The minimum absolute atomic E-state index is 0.219. The van der Waals surface area contributed by atoms with Crippen LogP contribution in [0, 0.1) is 6.92 Å². The monoisotopic (exact) mass is 448 g/mol. The van der Waals surface area contributed by atoms with Gasteiger partial charge in [0.1, 0.15) is 5.75 Å². The molecule has 0 bridgehead atoms. The zero-order valence-corrected chi connectivity index (χ0v) is 18.1. The van der Waals surface area contributed by atoms with Crippen LogP contribution < -0.4 is 10.1 Å². The molecule has 144 valence electrons. The number of methoxy groups -OCH3 is 1. The topological polar surface area (TPSA) is 33.7 Å². The summed E-state index contributed by atoms with van der Waals surface area (Å²) in [4.78, 5) is 2.17. The van der Waals surface area contributed by atoms with Gasteiger partial charge in [-0.05, 0) is 67.4 Å². The maximum atomic E-state index is 5.84. The van der Waals surface area contributed by atoms with Crippen LogP contribution in [0.2, 0.25) is 0 Å². The number of halogens is 1. The summed E-state index contributed by atoms with van der Waals surface area (Å²) in [7, 11) is 1.68. The van der Waals surface area contributed by atoms with Crippen molar-refractivity contribution in [2.45, 2.75) is 32.4 Å². The van der Waals surface area contributed by atoms with Gasteiger partial charge in [-0.25, -0.2) is 0 Å². The van der Waals surface area contributed by atoms with Crippen LogP contribution in [0.25, 0.3) is 0 Å². The predicted molar refractivity (Wildman–Crippen MR) is 117 cm³/mol. The third kappa shape index (κ3) is 5.67. The van der Waals surface area contributed by atoms with Crippen molar-refractivity contribution in [1.82, 2.24) is 4.90 Å². The van der Waals surface area contributed by atoms with E-state index >= 15 is 0 Å². The molecule has 0 spiro atoms. The van der Waals surface area contributed by atoms with Crippen molar-refractivity contribution in [2.75, 3.05) is 25.6 Å². The number of benzene rings is 2. The van der Waals surface area contributed by atoms with Crippen molar-refractivity contribution in [2.24, 2.45) is 0 Å². The summed E-state index contributed by atoms with van der Waals surface area (Å²) < 4.78 is 12.4. The molecule has 6 heteroatoms. The van der Waals surface area contributed by atoms with E-state index in [4.69, 9.17) is 21.7 Å². The number of nitrogens with zero attached hydrogens (tertiary/aromatic N) is 1. The molecule has 1 aliphatic rings. The van der Waals surface area contributed by atoms with E-state index in [1.807, 2.05) is 37.3 Å². The van der Waals surface area contributed by atoms with Crippen LogP contribution in [-0.2, 0) is 11.3 Å². The Morgan fingerprint density at radius 2 is 2.19 bits per heavy atom. The molecule has 1 heterocycles. The van der Waals surface area contributed by atoms with Gasteiger partial charge in [0.15, 0.2) is 5.11 Å². The summed E-state index contributed by atoms with van der Waals surface area (Å²) in [6, 6.07) is 14.4. The molecule has 1 unspecified atom stereocenters. The van der Waals surface area contributed by atoms with Gasteiger partial charge in [0.05, 0.1) is 18.9 Å². The van der Waals surface area contributed by atoms with E-state index in [-0.39, 0.29) is 6.10 Å². The molecule has 1 aliphatic heterocycles. The maximum Gasteiger partial charge on any atom is 0.173 e. The molecule has 2 aromatic carbocycles. The molecule has 0 aliphatic carbocycles. The van der Waals surface area contributed by atoms with Crippen LogP contribution in [0.15, 0.2) is 46.9 Å². The normalized spacial score (nSPS) is 16.2. The highest BCUT2D eigenvalue weighted by molar-refractivity contribution is 9.10. The molecule has 0 saturated carbocycles. The molecule has 0 amide bonds. The standard InChI is InChI=1S/C21H25BrN2O2S/c1-15-8-9-19(20(11-15)25-2)23-21(27)24(14-18-7-4-10-26-18)13-16-5-3-6-17(22)12-16/h3,5-6,8-9,11-12,18H,4,7,10,13-14H2,1-2H3,(H,23,27). The van der Waals surface area contributed by atoms with E-state index in [9.17, 15) is 0 Å². The van der Waals surface area contributed by atoms with Gasteiger partial charge in [0.25, 0.3) is 0 Å². The largest absolute Gasteiger partial charge is 0.495 e. The number of rotatable bonds is 6. The Hall–Kier alpha value is -1.63. The fourth-order valence-electron chi connectivity index (χ4n) is 3.21. The van der Waals surface area contributed by atoms with Gasteiger partial charge in [-0.1, -0.05) is 34.1 Å². The first kappa shape index (κ1) is 20.1. The van der Waals surface area contributed by atoms with Gasteiger partial charge < -0.3 is 19.7 Å². The van der Waals surface area contributed by atoms with Gasteiger partial charge in [-0.3, -0.25) is 0 Å². The van der Waals surface area contributed by atoms with Crippen LogP contribution in [0.3, 0.4) is 0 Å². The number of aryl methyl sites for hydroxylation is 1. The van der Waals surface area contributed by atoms with Crippen LogP contribution in [0.1, 0.15) is 24.0 Å². The number of ether oxygens (including phenoxy) is 2. The van der Waals surface area contributed by atoms with E-state index < -0.39 is 0 Å². The molecule has 1 N–H and O–H groups in total. The second-order valence-electron chi connectivity index (χ2n) is 6.78. The van der Waals surface area contributed by atoms with E-state index in [2.05, 4.69) is 38.3 Å². The van der Waals surface area contributed by atoms with E-state index in [0.717, 1.165) is 54.0 Å².